The van der Waals surface area contributed by atoms with Crippen molar-refractivity contribution in [1.82, 2.24) is 9.71 Å². The molecule has 5 nitrogen and oxygen atoms in total. The summed E-state index contributed by atoms with van der Waals surface area (Å²) in [6.45, 7) is 1.96. The summed E-state index contributed by atoms with van der Waals surface area (Å²) in [6, 6.07) is 3.13. The van der Waals surface area contributed by atoms with E-state index in [9.17, 15) is 8.42 Å². The van der Waals surface area contributed by atoms with E-state index in [-0.39, 0.29) is 16.8 Å². The smallest absolute Gasteiger partial charge is 0.260 e. The molecule has 0 aromatic carbocycles. The van der Waals surface area contributed by atoms with Gasteiger partial charge in [0.05, 0.1) is 5.69 Å². The van der Waals surface area contributed by atoms with Gasteiger partial charge in [0, 0.05) is 12.2 Å². The highest BCUT2D eigenvalue weighted by Gasteiger charge is 2.42. The van der Waals surface area contributed by atoms with Crippen molar-refractivity contribution < 1.29 is 8.42 Å². The summed E-state index contributed by atoms with van der Waals surface area (Å²) >= 11 is 0. The van der Waals surface area contributed by atoms with Crippen molar-refractivity contribution in [2.24, 2.45) is 17.8 Å². The number of fused-ring (bicyclic) bond motifs is 2. The van der Waals surface area contributed by atoms with Gasteiger partial charge in [-0.1, -0.05) is 6.42 Å². The average Bonchev–Trinajstić information content (AvgIpc) is 3.00. The average molecular weight is 295 g/mol. The van der Waals surface area contributed by atoms with E-state index in [2.05, 4.69) is 9.71 Å². The SMILES string of the molecule is CC(NS(=O)(=O)c1ncccc1N)C1CC2CCC1C2. The molecule has 1 aromatic heterocycles. The monoisotopic (exact) mass is 295 g/mol. The number of hydrogen-bond acceptors (Lipinski definition) is 4. The van der Waals surface area contributed by atoms with Crippen LogP contribution in [0.25, 0.3) is 0 Å². The molecule has 1 heterocycles. The fourth-order valence-corrected chi connectivity index (χ4v) is 5.28. The van der Waals surface area contributed by atoms with Gasteiger partial charge in [0.1, 0.15) is 0 Å². The molecule has 2 aliphatic rings. The van der Waals surface area contributed by atoms with Crippen molar-refractivity contribution in [1.29, 1.82) is 0 Å². The first-order chi connectivity index (χ1) is 9.47. The Morgan fingerprint density at radius 1 is 1.40 bits per heavy atom. The third kappa shape index (κ3) is 2.42. The van der Waals surface area contributed by atoms with Gasteiger partial charge in [0.25, 0.3) is 10.0 Å². The van der Waals surface area contributed by atoms with Crippen molar-refractivity contribution in [2.45, 2.75) is 43.7 Å². The first-order valence-corrected chi connectivity index (χ1v) is 8.68. The first-order valence-electron chi connectivity index (χ1n) is 7.20. The van der Waals surface area contributed by atoms with Crippen molar-refractivity contribution in [3.63, 3.8) is 0 Å². The molecule has 2 saturated carbocycles. The molecule has 2 aliphatic carbocycles. The van der Waals surface area contributed by atoms with E-state index < -0.39 is 10.0 Å². The molecular weight excluding hydrogens is 274 g/mol. The van der Waals surface area contributed by atoms with E-state index >= 15 is 0 Å². The molecule has 6 heteroatoms. The van der Waals surface area contributed by atoms with Gasteiger partial charge in [0.2, 0.25) is 0 Å². The summed E-state index contributed by atoms with van der Waals surface area (Å²) in [7, 11) is -3.63. The molecule has 2 bridgehead atoms. The number of nitrogens with zero attached hydrogens (tertiary/aromatic N) is 1. The molecule has 1 aromatic rings. The normalized spacial score (nSPS) is 30.6. The minimum atomic E-state index is -3.63. The quantitative estimate of drug-likeness (QED) is 0.886. The molecule has 20 heavy (non-hydrogen) atoms. The third-order valence-corrected chi connectivity index (χ3v) is 6.36. The minimum absolute atomic E-state index is 0.0586. The van der Waals surface area contributed by atoms with E-state index in [0.29, 0.717) is 11.8 Å². The van der Waals surface area contributed by atoms with E-state index in [1.165, 1.54) is 25.5 Å². The Labute approximate surface area is 120 Å². The highest BCUT2D eigenvalue weighted by atomic mass is 32.2. The molecule has 2 fully saturated rings. The van der Waals surface area contributed by atoms with Crippen LogP contribution in [0.5, 0.6) is 0 Å². The Morgan fingerprint density at radius 2 is 2.20 bits per heavy atom. The molecule has 0 spiro atoms. The van der Waals surface area contributed by atoms with Crippen LogP contribution < -0.4 is 10.5 Å². The lowest BCUT2D eigenvalue weighted by Crippen LogP contribution is -2.40. The van der Waals surface area contributed by atoms with Crippen LogP contribution in [-0.4, -0.2) is 19.4 Å². The molecule has 0 aliphatic heterocycles. The molecular formula is C14H21N3O2S. The molecule has 3 N–H and O–H groups in total. The van der Waals surface area contributed by atoms with Gasteiger partial charge in [-0.15, -0.1) is 0 Å². The molecule has 110 valence electrons. The zero-order valence-corrected chi connectivity index (χ0v) is 12.4. The fourth-order valence-electron chi connectivity index (χ4n) is 3.92. The van der Waals surface area contributed by atoms with Crippen LogP contribution in [0, 0.1) is 17.8 Å². The zero-order chi connectivity index (χ0) is 14.3. The number of hydrogen-bond donors (Lipinski definition) is 2. The Balaban J connectivity index is 1.75. The minimum Gasteiger partial charge on any atom is -0.396 e. The maximum Gasteiger partial charge on any atom is 0.260 e. The number of rotatable bonds is 4. The topological polar surface area (TPSA) is 85.1 Å². The third-order valence-electron chi connectivity index (χ3n) is 4.83. The summed E-state index contributed by atoms with van der Waals surface area (Å²) < 4.78 is 27.5. The molecule has 0 saturated heterocycles. The van der Waals surface area contributed by atoms with Gasteiger partial charge >= 0.3 is 0 Å². The van der Waals surface area contributed by atoms with Crippen LogP contribution in [0.1, 0.15) is 32.6 Å². The number of nitrogens with two attached hydrogens (primary N) is 1. The van der Waals surface area contributed by atoms with Gasteiger partial charge in [-0.3, -0.25) is 0 Å². The van der Waals surface area contributed by atoms with Crippen LogP contribution in [0.3, 0.4) is 0 Å². The number of anilines is 1. The number of aromatic nitrogens is 1. The predicted molar refractivity (Wildman–Crippen MR) is 77.4 cm³/mol. The standard InChI is InChI=1S/C14H21N3O2S/c1-9(12-8-10-4-5-11(12)7-10)17-20(18,19)14-13(15)3-2-6-16-14/h2-3,6,9-12,17H,4-5,7-8,15H2,1H3. The maximum absolute atomic E-state index is 12.4. The molecule has 0 amide bonds. The molecule has 3 rings (SSSR count). The molecule has 0 radical (unpaired) electrons. The zero-order valence-electron chi connectivity index (χ0n) is 11.6. The number of nitrogen functional groups attached to an aromatic ring is 1. The number of nitrogens with one attached hydrogen (secondary N) is 1. The second-order valence-electron chi connectivity index (χ2n) is 6.15. The van der Waals surface area contributed by atoms with E-state index in [4.69, 9.17) is 5.73 Å². The van der Waals surface area contributed by atoms with Crippen molar-refractivity contribution in [3.8, 4) is 0 Å². The molecule has 4 unspecified atom stereocenters. The van der Waals surface area contributed by atoms with Crippen molar-refractivity contribution in [3.05, 3.63) is 18.3 Å². The Morgan fingerprint density at radius 3 is 2.80 bits per heavy atom. The van der Waals surface area contributed by atoms with Gasteiger partial charge < -0.3 is 5.73 Å². The van der Waals surface area contributed by atoms with Crippen molar-refractivity contribution >= 4 is 15.7 Å². The molecule has 4 atom stereocenters. The number of sulfonamides is 1. The Kier molecular flexibility index (Phi) is 3.46. The van der Waals surface area contributed by atoms with Gasteiger partial charge in [-0.05, 0) is 56.1 Å². The predicted octanol–water partition coefficient (Wildman–Crippen LogP) is 1.77. The number of pyridine rings is 1. The van der Waals surface area contributed by atoms with E-state index in [1.807, 2.05) is 6.92 Å². The fraction of sp³-hybridized carbons (Fsp3) is 0.643. The summed E-state index contributed by atoms with van der Waals surface area (Å²) in [4.78, 5) is 3.90. The van der Waals surface area contributed by atoms with Crippen LogP contribution in [0.15, 0.2) is 23.4 Å². The highest BCUT2D eigenvalue weighted by molar-refractivity contribution is 7.89. The van der Waals surface area contributed by atoms with Gasteiger partial charge in [0.15, 0.2) is 5.03 Å². The van der Waals surface area contributed by atoms with Crippen LogP contribution in [0.4, 0.5) is 5.69 Å². The highest BCUT2D eigenvalue weighted by Crippen LogP contribution is 2.49. The summed E-state index contributed by atoms with van der Waals surface area (Å²) in [5.74, 6) is 1.93. The summed E-state index contributed by atoms with van der Waals surface area (Å²) in [5.41, 5.74) is 5.91. The van der Waals surface area contributed by atoms with Crippen LogP contribution >= 0.6 is 0 Å². The second-order valence-corrected chi connectivity index (χ2v) is 7.78. The Bertz CT molecular complexity index is 602. The lowest BCUT2D eigenvalue weighted by atomic mass is 9.84. The van der Waals surface area contributed by atoms with E-state index in [0.717, 1.165) is 12.3 Å². The van der Waals surface area contributed by atoms with Crippen LogP contribution in [0.2, 0.25) is 0 Å². The second kappa shape index (κ2) is 5.00. The maximum atomic E-state index is 12.4. The van der Waals surface area contributed by atoms with E-state index in [1.54, 1.807) is 12.1 Å². The largest absolute Gasteiger partial charge is 0.396 e. The van der Waals surface area contributed by atoms with Crippen LogP contribution in [-0.2, 0) is 10.0 Å². The lowest BCUT2D eigenvalue weighted by molar-refractivity contribution is 0.280. The van der Waals surface area contributed by atoms with Gasteiger partial charge in [-0.2, -0.15) is 0 Å². The lowest BCUT2D eigenvalue weighted by Gasteiger charge is -2.28. The van der Waals surface area contributed by atoms with Gasteiger partial charge in [-0.25, -0.2) is 18.1 Å². The summed E-state index contributed by atoms with van der Waals surface area (Å²) in [6.07, 6.45) is 6.42. The summed E-state index contributed by atoms with van der Waals surface area (Å²) in [5, 5.41) is -0.0602. The Hall–Kier alpha value is -1.14. The van der Waals surface area contributed by atoms with Crippen molar-refractivity contribution in [2.75, 3.05) is 5.73 Å². The first kappa shape index (κ1) is 13.8.